The van der Waals surface area contributed by atoms with Crippen LogP contribution < -0.4 is 5.32 Å². The largest absolute Gasteiger partial charge is 0.310 e. The SMILES string of the molecule is CC(C)C(Cl)CNCc1cccs1. The van der Waals surface area contributed by atoms with Gasteiger partial charge in [-0.3, -0.25) is 0 Å². The Morgan fingerprint density at radius 1 is 1.54 bits per heavy atom. The molecule has 3 heteroatoms. The lowest BCUT2D eigenvalue weighted by molar-refractivity contribution is 0.547. The number of hydrogen-bond acceptors (Lipinski definition) is 2. The van der Waals surface area contributed by atoms with E-state index in [4.69, 9.17) is 11.6 Å². The number of alkyl halides is 1. The highest BCUT2D eigenvalue weighted by Gasteiger charge is 2.08. The van der Waals surface area contributed by atoms with Crippen LogP contribution in [0.5, 0.6) is 0 Å². The van der Waals surface area contributed by atoms with Crippen LogP contribution in [0.25, 0.3) is 0 Å². The highest BCUT2D eigenvalue weighted by molar-refractivity contribution is 7.09. The molecule has 1 nitrogen and oxygen atoms in total. The van der Waals surface area contributed by atoms with E-state index in [-0.39, 0.29) is 5.38 Å². The topological polar surface area (TPSA) is 12.0 Å². The summed E-state index contributed by atoms with van der Waals surface area (Å²) in [6.45, 7) is 6.11. The quantitative estimate of drug-likeness (QED) is 0.748. The predicted octanol–water partition coefficient (Wildman–Crippen LogP) is 3.10. The second-order valence-corrected chi connectivity index (χ2v) is 5.06. The van der Waals surface area contributed by atoms with Crippen LogP contribution >= 0.6 is 22.9 Å². The first-order chi connectivity index (χ1) is 6.20. The minimum Gasteiger partial charge on any atom is -0.310 e. The maximum atomic E-state index is 6.10. The molecule has 1 heterocycles. The van der Waals surface area contributed by atoms with Crippen molar-refractivity contribution in [2.24, 2.45) is 5.92 Å². The fraction of sp³-hybridized carbons (Fsp3) is 0.600. The molecule has 74 valence electrons. The minimum atomic E-state index is 0.236. The lowest BCUT2D eigenvalue weighted by atomic mass is 10.1. The highest BCUT2D eigenvalue weighted by atomic mass is 35.5. The van der Waals surface area contributed by atoms with Crippen molar-refractivity contribution in [1.29, 1.82) is 0 Å². The van der Waals surface area contributed by atoms with Crippen molar-refractivity contribution in [2.75, 3.05) is 6.54 Å². The van der Waals surface area contributed by atoms with Crippen LogP contribution in [0.1, 0.15) is 18.7 Å². The van der Waals surface area contributed by atoms with Gasteiger partial charge in [0.15, 0.2) is 0 Å². The zero-order chi connectivity index (χ0) is 9.68. The highest BCUT2D eigenvalue weighted by Crippen LogP contribution is 2.10. The van der Waals surface area contributed by atoms with Crippen molar-refractivity contribution in [3.8, 4) is 0 Å². The molecule has 0 aliphatic carbocycles. The molecule has 0 amide bonds. The van der Waals surface area contributed by atoms with Crippen molar-refractivity contribution in [1.82, 2.24) is 5.32 Å². The third-order valence-electron chi connectivity index (χ3n) is 1.94. The summed E-state index contributed by atoms with van der Waals surface area (Å²) in [4.78, 5) is 1.37. The average molecular weight is 218 g/mol. The van der Waals surface area contributed by atoms with Gasteiger partial charge in [0.2, 0.25) is 0 Å². The number of nitrogens with one attached hydrogen (secondary N) is 1. The summed E-state index contributed by atoms with van der Waals surface area (Å²) in [5.41, 5.74) is 0. The van der Waals surface area contributed by atoms with Gasteiger partial charge in [-0.1, -0.05) is 19.9 Å². The van der Waals surface area contributed by atoms with Crippen molar-refractivity contribution < 1.29 is 0 Å². The second kappa shape index (κ2) is 5.63. The molecule has 0 radical (unpaired) electrons. The van der Waals surface area contributed by atoms with Gasteiger partial charge in [-0.15, -0.1) is 22.9 Å². The molecule has 0 aliphatic rings. The van der Waals surface area contributed by atoms with Gasteiger partial charge in [0, 0.05) is 23.3 Å². The predicted molar refractivity (Wildman–Crippen MR) is 60.5 cm³/mol. The van der Waals surface area contributed by atoms with Crippen molar-refractivity contribution in [3.05, 3.63) is 22.4 Å². The van der Waals surface area contributed by atoms with E-state index < -0.39 is 0 Å². The molecule has 0 saturated heterocycles. The molecule has 0 aromatic carbocycles. The lowest BCUT2D eigenvalue weighted by Gasteiger charge is -2.13. The minimum absolute atomic E-state index is 0.236. The van der Waals surface area contributed by atoms with E-state index in [1.807, 2.05) is 0 Å². The summed E-state index contributed by atoms with van der Waals surface area (Å²) in [5, 5.41) is 5.68. The maximum Gasteiger partial charge on any atom is 0.0483 e. The van der Waals surface area contributed by atoms with Gasteiger partial charge < -0.3 is 5.32 Å². The Kier molecular flexibility index (Phi) is 4.78. The summed E-state index contributed by atoms with van der Waals surface area (Å²) >= 11 is 7.87. The first-order valence-corrected chi connectivity index (χ1v) is 5.89. The van der Waals surface area contributed by atoms with E-state index in [0.717, 1.165) is 13.1 Å². The molecule has 0 fully saturated rings. The molecular formula is C10H16ClNS. The fourth-order valence-corrected chi connectivity index (χ4v) is 1.77. The summed E-state index contributed by atoms with van der Waals surface area (Å²) in [7, 11) is 0. The first-order valence-electron chi connectivity index (χ1n) is 4.57. The second-order valence-electron chi connectivity index (χ2n) is 3.47. The van der Waals surface area contributed by atoms with Crippen LogP contribution in [0, 0.1) is 5.92 Å². The van der Waals surface area contributed by atoms with Crippen LogP contribution in [0.2, 0.25) is 0 Å². The molecule has 1 aromatic rings. The Balaban J connectivity index is 2.14. The fourth-order valence-electron chi connectivity index (χ4n) is 0.982. The van der Waals surface area contributed by atoms with Gasteiger partial charge in [-0.25, -0.2) is 0 Å². The molecule has 0 saturated carbocycles. The van der Waals surface area contributed by atoms with E-state index in [1.54, 1.807) is 11.3 Å². The van der Waals surface area contributed by atoms with Crippen LogP contribution in [-0.2, 0) is 6.54 Å². The molecule has 1 atom stereocenters. The van der Waals surface area contributed by atoms with E-state index in [0.29, 0.717) is 5.92 Å². The van der Waals surface area contributed by atoms with Crippen molar-refractivity contribution in [3.63, 3.8) is 0 Å². The van der Waals surface area contributed by atoms with Crippen LogP contribution in [0.4, 0.5) is 0 Å². The third-order valence-corrected chi connectivity index (χ3v) is 3.48. The third kappa shape index (κ3) is 4.12. The van der Waals surface area contributed by atoms with Gasteiger partial charge in [-0.2, -0.15) is 0 Å². The zero-order valence-corrected chi connectivity index (χ0v) is 9.66. The number of rotatable bonds is 5. The van der Waals surface area contributed by atoms with Crippen LogP contribution in [0.15, 0.2) is 17.5 Å². The van der Waals surface area contributed by atoms with Gasteiger partial charge in [0.1, 0.15) is 0 Å². The summed E-state index contributed by atoms with van der Waals surface area (Å²) in [5.74, 6) is 0.539. The van der Waals surface area contributed by atoms with Crippen molar-refractivity contribution >= 4 is 22.9 Å². The number of thiophene rings is 1. The Morgan fingerprint density at radius 2 is 2.31 bits per heavy atom. The molecule has 1 unspecified atom stereocenters. The Morgan fingerprint density at radius 3 is 2.85 bits per heavy atom. The smallest absolute Gasteiger partial charge is 0.0483 e. The molecule has 13 heavy (non-hydrogen) atoms. The molecular weight excluding hydrogens is 202 g/mol. The zero-order valence-electron chi connectivity index (χ0n) is 8.09. The molecule has 1 aromatic heterocycles. The molecule has 0 aliphatic heterocycles. The monoisotopic (exact) mass is 217 g/mol. The van der Waals surface area contributed by atoms with E-state index in [2.05, 4.69) is 36.7 Å². The van der Waals surface area contributed by atoms with E-state index >= 15 is 0 Å². The average Bonchev–Trinajstić information content (AvgIpc) is 2.56. The van der Waals surface area contributed by atoms with Crippen LogP contribution in [-0.4, -0.2) is 11.9 Å². The standard InChI is InChI=1S/C10H16ClNS/c1-8(2)10(11)7-12-6-9-4-3-5-13-9/h3-5,8,10,12H,6-7H2,1-2H3. The van der Waals surface area contributed by atoms with E-state index in [9.17, 15) is 0 Å². The first kappa shape index (κ1) is 11.0. The molecule has 0 bridgehead atoms. The normalized spacial score (nSPS) is 13.5. The van der Waals surface area contributed by atoms with E-state index in [1.165, 1.54) is 4.88 Å². The Labute approximate surface area is 89.1 Å². The van der Waals surface area contributed by atoms with Crippen LogP contribution in [0.3, 0.4) is 0 Å². The lowest BCUT2D eigenvalue weighted by Crippen LogP contribution is -2.25. The maximum absolute atomic E-state index is 6.10. The van der Waals surface area contributed by atoms with Crippen molar-refractivity contribution in [2.45, 2.75) is 25.8 Å². The summed E-state index contributed by atoms with van der Waals surface area (Å²) in [6, 6.07) is 4.21. The van der Waals surface area contributed by atoms with Gasteiger partial charge in [0.05, 0.1) is 0 Å². The summed E-state index contributed by atoms with van der Waals surface area (Å²) < 4.78 is 0. The molecule has 0 spiro atoms. The number of hydrogen-bond donors (Lipinski definition) is 1. The Hall–Kier alpha value is -0.0500. The molecule has 1 rings (SSSR count). The molecule has 1 N–H and O–H groups in total. The van der Waals surface area contributed by atoms with Gasteiger partial charge in [0.25, 0.3) is 0 Å². The van der Waals surface area contributed by atoms with Gasteiger partial charge in [-0.05, 0) is 17.4 Å². The van der Waals surface area contributed by atoms with Gasteiger partial charge >= 0.3 is 0 Å². The Bertz CT molecular complexity index is 221. The summed E-state index contributed by atoms with van der Waals surface area (Å²) in [6.07, 6.45) is 0. The number of halogens is 1.